The zero-order valence-corrected chi connectivity index (χ0v) is 9.48. The van der Waals surface area contributed by atoms with Crippen LogP contribution < -0.4 is 5.73 Å². The standard InChI is InChI=1S/C11H22N2O2/c1-2-5-9-6-3-4-7-13(9)8-10(12)11(14)15/h9-10H,2-8,12H2,1H3,(H,14,15)/t9?,10-/m1/s1. The Kier molecular flexibility index (Phi) is 5.05. The molecule has 0 aromatic rings. The topological polar surface area (TPSA) is 66.6 Å². The summed E-state index contributed by atoms with van der Waals surface area (Å²) in [5.41, 5.74) is 5.56. The van der Waals surface area contributed by atoms with E-state index in [1.807, 2.05) is 0 Å². The third-order valence-corrected chi connectivity index (χ3v) is 3.12. The predicted molar refractivity (Wildman–Crippen MR) is 59.7 cm³/mol. The Labute approximate surface area is 91.4 Å². The van der Waals surface area contributed by atoms with Crippen LogP contribution in [0.3, 0.4) is 0 Å². The molecule has 15 heavy (non-hydrogen) atoms. The molecule has 1 heterocycles. The van der Waals surface area contributed by atoms with Crippen LogP contribution in [0.1, 0.15) is 39.0 Å². The lowest BCUT2D eigenvalue weighted by atomic mass is 9.97. The quantitative estimate of drug-likeness (QED) is 0.718. The number of hydrogen-bond acceptors (Lipinski definition) is 3. The summed E-state index contributed by atoms with van der Waals surface area (Å²) < 4.78 is 0. The van der Waals surface area contributed by atoms with E-state index in [-0.39, 0.29) is 0 Å². The van der Waals surface area contributed by atoms with Crippen molar-refractivity contribution in [2.75, 3.05) is 13.1 Å². The number of piperidine rings is 1. The van der Waals surface area contributed by atoms with Gasteiger partial charge >= 0.3 is 5.97 Å². The summed E-state index contributed by atoms with van der Waals surface area (Å²) >= 11 is 0. The van der Waals surface area contributed by atoms with Gasteiger partial charge in [0.1, 0.15) is 6.04 Å². The molecule has 1 fully saturated rings. The monoisotopic (exact) mass is 214 g/mol. The molecule has 1 rings (SSSR count). The van der Waals surface area contributed by atoms with Crippen molar-refractivity contribution >= 4 is 5.97 Å². The molecule has 0 aromatic heterocycles. The molecule has 88 valence electrons. The number of likely N-dealkylation sites (tertiary alicyclic amines) is 1. The number of carboxylic acid groups (broad SMARTS) is 1. The summed E-state index contributed by atoms with van der Waals surface area (Å²) in [5, 5.41) is 8.78. The first kappa shape index (κ1) is 12.5. The van der Waals surface area contributed by atoms with E-state index >= 15 is 0 Å². The van der Waals surface area contributed by atoms with Crippen LogP contribution in [0.5, 0.6) is 0 Å². The van der Waals surface area contributed by atoms with Gasteiger partial charge in [-0.2, -0.15) is 0 Å². The predicted octanol–water partition coefficient (Wildman–Crippen LogP) is 1.05. The van der Waals surface area contributed by atoms with Crippen LogP contribution in [0, 0.1) is 0 Å². The molecule has 1 saturated heterocycles. The molecule has 0 spiro atoms. The Bertz CT molecular complexity index is 207. The van der Waals surface area contributed by atoms with Gasteiger partial charge in [0, 0.05) is 12.6 Å². The van der Waals surface area contributed by atoms with E-state index in [4.69, 9.17) is 10.8 Å². The van der Waals surface area contributed by atoms with Gasteiger partial charge < -0.3 is 10.8 Å². The van der Waals surface area contributed by atoms with Crippen molar-refractivity contribution in [3.63, 3.8) is 0 Å². The van der Waals surface area contributed by atoms with Gasteiger partial charge in [-0.3, -0.25) is 9.69 Å². The van der Waals surface area contributed by atoms with E-state index in [1.165, 1.54) is 19.3 Å². The molecule has 1 unspecified atom stereocenters. The largest absolute Gasteiger partial charge is 0.480 e. The Balaban J connectivity index is 2.45. The van der Waals surface area contributed by atoms with Gasteiger partial charge in [-0.25, -0.2) is 0 Å². The molecule has 4 heteroatoms. The maximum absolute atomic E-state index is 10.7. The van der Waals surface area contributed by atoms with Gasteiger partial charge in [0.25, 0.3) is 0 Å². The lowest BCUT2D eigenvalue weighted by Gasteiger charge is -2.36. The number of nitrogens with zero attached hydrogens (tertiary/aromatic N) is 1. The maximum atomic E-state index is 10.7. The highest BCUT2D eigenvalue weighted by Gasteiger charge is 2.25. The molecule has 1 aliphatic heterocycles. The second kappa shape index (κ2) is 6.08. The Hall–Kier alpha value is -0.610. The summed E-state index contributed by atoms with van der Waals surface area (Å²) in [7, 11) is 0. The third-order valence-electron chi connectivity index (χ3n) is 3.12. The minimum atomic E-state index is -0.893. The van der Waals surface area contributed by atoms with Gasteiger partial charge in [-0.15, -0.1) is 0 Å². The summed E-state index contributed by atoms with van der Waals surface area (Å²) in [6, 6.07) is -0.184. The van der Waals surface area contributed by atoms with Crippen LogP contribution in [-0.4, -0.2) is 41.1 Å². The first-order valence-electron chi connectivity index (χ1n) is 5.87. The molecule has 3 N–H and O–H groups in total. The number of nitrogens with two attached hydrogens (primary N) is 1. The summed E-state index contributed by atoms with van der Waals surface area (Å²) in [6.07, 6.45) is 5.95. The lowest BCUT2D eigenvalue weighted by molar-refractivity contribution is -0.139. The van der Waals surface area contributed by atoms with E-state index < -0.39 is 12.0 Å². The van der Waals surface area contributed by atoms with Crippen molar-refractivity contribution in [1.82, 2.24) is 4.90 Å². The highest BCUT2D eigenvalue weighted by Crippen LogP contribution is 2.20. The minimum Gasteiger partial charge on any atom is -0.480 e. The van der Waals surface area contributed by atoms with E-state index in [2.05, 4.69) is 11.8 Å². The zero-order valence-electron chi connectivity index (χ0n) is 9.48. The Morgan fingerprint density at radius 1 is 1.60 bits per heavy atom. The molecule has 0 amide bonds. The highest BCUT2D eigenvalue weighted by atomic mass is 16.4. The van der Waals surface area contributed by atoms with Crippen molar-refractivity contribution in [3.8, 4) is 0 Å². The first-order valence-corrected chi connectivity index (χ1v) is 5.87. The van der Waals surface area contributed by atoms with E-state index in [0.29, 0.717) is 12.6 Å². The zero-order chi connectivity index (χ0) is 11.3. The molecule has 0 aliphatic carbocycles. The lowest BCUT2D eigenvalue weighted by Crippen LogP contribution is -2.48. The van der Waals surface area contributed by atoms with E-state index in [0.717, 1.165) is 19.4 Å². The van der Waals surface area contributed by atoms with Gasteiger partial charge in [0.2, 0.25) is 0 Å². The van der Waals surface area contributed by atoms with Crippen LogP contribution in [0.15, 0.2) is 0 Å². The number of hydrogen-bond donors (Lipinski definition) is 2. The number of carboxylic acids is 1. The molecule has 0 aromatic carbocycles. The summed E-state index contributed by atoms with van der Waals surface area (Å²) in [5.74, 6) is -0.893. The van der Waals surface area contributed by atoms with Crippen LogP contribution >= 0.6 is 0 Å². The molecule has 1 aliphatic rings. The van der Waals surface area contributed by atoms with Crippen molar-refractivity contribution in [3.05, 3.63) is 0 Å². The van der Waals surface area contributed by atoms with Gasteiger partial charge in [-0.05, 0) is 25.8 Å². The van der Waals surface area contributed by atoms with E-state index in [1.54, 1.807) is 0 Å². The van der Waals surface area contributed by atoms with Gasteiger partial charge in [-0.1, -0.05) is 19.8 Å². The fourth-order valence-corrected chi connectivity index (χ4v) is 2.29. The third kappa shape index (κ3) is 3.80. The smallest absolute Gasteiger partial charge is 0.321 e. The molecule has 0 saturated carbocycles. The second-order valence-corrected chi connectivity index (χ2v) is 4.38. The van der Waals surface area contributed by atoms with Crippen LogP contribution in [0.2, 0.25) is 0 Å². The average Bonchev–Trinajstić information content (AvgIpc) is 2.21. The number of aliphatic carboxylic acids is 1. The van der Waals surface area contributed by atoms with Crippen LogP contribution in [0.4, 0.5) is 0 Å². The van der Waals surface area contributed by atoms with Crippen molar-refractivity contribution < 1.29 is 9.90 Å². The van der Waals surface area contributed by atoms with Crippen LogP contribution in [-0.2, 0) is 4.79 Å². The highest BCUT2D eigenvalue weighted by molar-refractivity contribution is 5.73. The molecule has 0 radical (unpaired) electrons. The van der Waals surface area contributed by atoms with Gasteiger partial charge in [0.15, 0.2) is 0 Å². The fraction of sp³-hybridized carbons (Fsp3) is 0.909. The Morgan fingerprint density at radius 3 is 2.93 bits per heavy atom. The molecular weight excluding hydrogens is 192 g/mol. The summed E-state index contributed by atoms with van der Waals surface area (Å²) in [6.45, 7) is 3.68. The van der Waals surface area contributed by atoms with Gasteiger partial charge in [0.05, 0.1) is 0 Å². The second-order valence-electron chi connectivity index (χ2n) is 4.38. The first-order chi connectivity index (χ1) is 7.15. The SMILES string of the molecule is CCCC1CCCCN1C[C@@H](N)C(=O)O. The normalized spacial score (nSPS) is 25.1. The van der Waals surface area contributed by atoms with Crippen molar-refractivity contribution in [1.29, 1.82) is 0 Å². The Morgan fingerprint density at radius 2 is 2.33 bits per heavy atom. The summed E-state index contributed by atoms with van der Waals surface area (Å²) in [4.78, 5) is 12.9. The molecular formula is C11H22N2O2. The molecule has 4 nitrogen and oxygen atoms in total. The fourth-order valence-electron chi connectivity index (χ4n) is 2.29. The molecule has 2 atom stereocenters. The number of rotatable bonds is 5. The van der Waals surface area contributed by atoms with Crippen molar-refractivity contribution in [2.45, 2.75) is 51.1 Å². The van der Waals surface area contributed by atoms with E-state index in [9.17, 15) is 4.79 Å². The minimum absolute atomic E-state index is 0.500. The molecule has 0 bridgehead atoms. The number of carbonyl (C=O) groups is 1. The maximum Gasteiger partial charge on any atom is 0.321 e. The average molecular weight is 214 g/mol. The van der Waals surface area contributed by atoms with Crippen molar-refractivity contribution in [2.24, 2.45) is 5.73 Å². The van der Waals surface area contributed by atoms with Crippen LogP contribution in [0.25, 0.3) is 0 Å².